The fourth-order valence-electron chi connectivity index (χ4n) is 3.52. The van der Waals surface area contributed by atoms with E-state index in [1.807, 2.05) is 18.5 Å². The first-order valence-corrected chi connectivity index (χ1v) is 9.18. The lowest BCUT2D eigenvalue weighted by atomic mass is 9.85. The molecule has 0 unspecified atom stereocenters. The largest absolute Gasteiger partial charge is 0.371 e. The lowest BCUT2D eigenvalue weighted by molar-refractivity contribution is -0.127. The highest BCUT2D eigenvalue weighted by atomic mass is 19.1. The maximum Gasteiger partial charge on any atom is 0.245 e. The maximum atomic E-state index is 13.6. The zero-order valence-corrected chi connectivity index (χ0v) is 14.7. The number of carbonyl (C=O) groups is 1. The van der Waals surface area contributed by atoms with E-state index in [1.165, 1.54) is 12.1 Å². The highest BCUT2D eigenvalue weighted by molar-refractivity contribution is 5.90. The zero-order valence-electron chi connectivity index (χ0n) is 14.7. The van der Waals surface area contributed by atoms with Crippen LogP contribution in [0.4, 0.5) is 10.1 Å². The number of piperidine rings is 1. The minimum Gasteiger partial charge on any atom is -0.371 e. The Balaban J connectivity index is 1.47. The van der Waals surface area contributed by atoms with Gasteiger partial charge in [-0.15, -0.1) is 0 Å². The minimum atomic E-state index is -0.691. The summed E-state index contributed by atoms with van der Waals surface area (Å²) in [5.41, 5.74) is 1.10. The van der Waals surface area contributed by atoms with Crippen LogP contribution in [-0.4, -0.2) is 45.7 Å². The molecule has 2 heterocycles. The van der Waals surface area contributed by atoms with Crippen molar-refractivity contribution in [2.75, 3.05) is 18.4 Å². The third kappa shape index (κ3) is 3.88. The lowest BCUT2D eigenvalue weighted by Gasteiger charge is -2.41. The molecule has 3 N–H and O–H groups in total. The van der Waals surface area contributed by atoms with E-state index in [0.29, 0.717) is 24.6 Å². The van der Waals surface area contributed by atoms with Crippen molar-refractivity contribution in [2.45, 2.75) is 43.8 Å². The molecule has 138 valence electrons. The number of rotatable bonds is 6. The van der Waals surface area contributed by atoms with E-state index in [-0.39, 0.29) is 11.7 Å². The number of aromatic nitrogens is 2. The molecule has 1 saturated heterocycles. The Morgan fingerprint density at radius 2 is 2.15 bits per heavy atom. The number of amides is 1. The van der Waals surface area contributed by atoms with Crippen LogP contribution in [0, 0.1) is 5.82 Å². The molecule has 7 heteroatoms. The molecule has 1 amide bonds. The van der Waals surface area contributed by atoms with E-state index in [2.05, 4.69) is 25.7 Å². The number of aromatic amines is 1. The van der Waals surface area contributed by atoms with Crippen LogP contribution in [0.5, 0.6) is 0 Å². The normalized spacial score (nSPS) is 19.9. The van der Waals surface area contributed by atoms with E-state index in [9.17, 15) is 9.18 Å². The highest BCUT2D eigenvalue weighted by Crippen LogP contribution is 2.30. The number of H-pyrrole nitrogens is 1. The second-order valence-electron chi connectivity index (χ2n) is 7.35. The number of hydrogen-bond acceptors (Lipinski definition) is 4. The molecule has 0 radical (unpaired) electrons. The second-order valence-corrected chi connectivity index (χ2v) is 7.35. The summed E-state index contributed by atoms with van der Waals surface area (Å²) in [6, 6.07) is 6.64. The summed E-state index contributed by atoms with van der Waals surface area (Å²) in [5, 5.41) is 13.3. The van der Waals surface area contributed by atoms with Crippen molar-refractivity contribution in [1.29, 1.82) is 0 Å². The van der Waals surface area contributed by atoms with Crippen LogP contribution in [0.15, 0.2) is 36.7 Å². The van der Waals surface area contributed by atoms with Gasteiger partial charge in [-0.3, -0.25) is 14.8 Å². The molecule has 1 aliphatic carbocycles. The molecule has 2 aromatic rings. The van der Waals surface area contributed by atoms with Crippen molar-refractivity contribution in [3.8, 4) is 0 Å². The van der Waals surface area contributed by atoms with Gasteiger partial charge in [0.1, 0.15) is 11.4 Å². The quantitative estimate of drug-likeness (QED) is 0.742. The van der Waals surface area contributed by atoms with E-state index < -0.39 is 5.54 Å². The van der Waals surface area contributed by atoms with Crippen molar-refractivity contribution in [3.05, 3.63) is 48.0 Å². The fraction of sp³-hybridized carbons (Fsp3) is 0.474. The van der Waals surface area contributed by atoms with Gasteiger partial charge in [0, 0.05) is 43.1 Å². The first-order valence-electron chi connectivity index (χ1n) is 9.18. The first kappa shape index (κ1) is 17.0. The standard InChI is InChI=1S/C19H24FN5O/c20-15-2-1-3-17(10-15)24-19(18(26)23-16-4-5-16)6-8-25(9-7-19)13-14-11-21-22-12-14/h1-3,10-12,16,24H,4-9,13H2,(H,21,22)(H,23,26). The molecule has 0 atom stereocenters. The summed E-state index contributed by atoms with van der Waals surface area (Å²) in [7, 11) is 0. The third-order valence-electron chi connectivity index (χ3n) is 5.23. The molecule has 0 spiro atoms. The molecule has 6 nitrogen and oxygen atoms in total. The molecule has 1 aliphatic heterocycles. The van der Waals surface area contributed by atoms with E-state index in [4.69, 9.17) is 0 Å². The Bertz CT molecular complexity index is 751. The summed E-state index contributed by atoms with van der Waals surface area (Å²) in [6.45, 7) is 2.41. The summed E-state index contributed by atoms with van der Waals surface area (Å²) < 4.78 is 13.6. The topological polar surface area (TPSA) is 73.1 Å². The summed E-state index contributed by atoms with van der Waals surface area (Å²) in [5.74, 6) is -0.266. The molecule has 2 fully saturated rings. The van der Waals surface area contributed by atoms with Gasteiger partial charge in [-0.05, 0) is 43.9 Å². The number of nitrogens with one attached hydrogen (secondary N) is 3. The lowest BCUT2D eigenvalue weighted by Crippen LogP contribution is -2.58. The number of hydrogen-bond donors (Lipinski definition) is 3. The Hall–Kier alpha value is -2.41. The Morgan fingerprint density at radius 1 is 1.35 bits per heavy atom. The average Bonchev–Trinajstić information content (AvgIpc) is 3.29. The van der Waals surface area contributed by atoms with Crippen LogP contribution >= 0.6 is 0 Å². The molecule has 4 rings (SSSR count). The van der Waals surface area contributed by atoms with E-state index in [1.54, 1.807) is 6.07 Å². The van der Waals surface area contributed by atoms with Gasteiger partial charge in [0.25, 0.3) is 0 Å². The minimum absolute atomic E-state index is 0.0345. The van der Waals surface area contributed by atoms with Crippen molar-refractivity contribution in [1.82, 2.24) is 20.4 Å². The SMILES string of the molecule is O=C(NC1CC1)C1(Nc2cccc(F)c2)CCN(Cc2cn[nH]c2)CC1. The predicted octanol–water partition coefficient (Wildman–Crippen LogP) is 2.27. The van der Waals surface area contributed by atoms with Gasteiger partial charge in [-0.1, -0.05) is 6.07 Å². The van der Waals surface area contributed by atoms with Crippen LogP contribution < -0.4 is 10.6 Å². The van der Waals surface area contributed by atoms with Crippen molar-refractivity contribution in [3.63, 3.8) is 0 Å². The molecule has 1 aromatic heterocycles. The molecule has 1 aromatic carbocycles. The fourth-order valence-corrected chi connectivity index (χ4v) is 3.52. The van der Waals surface area contributed by atoms with E-state index in [0.717, 1.165) is 38.0 Å². The van der Waals surface area contributed by atoms with Gasteiger partial charge >= 0.3 is 0 Å². The van der Waals surface area contributed by atoms with Crippen molar-refractivity contribution < 1.29 is 9.18 Å². The third-order valence-corrected chi connectivity index (χ3v) is 5.23. The first-order chi connectivity index (χ1) is 12.6. The maximum absolute atomic E-state index is 13.6. The van der Waals surface area contributed by atoms with Gasteiger partial charge in [0.05, 0.1) is 6.20 Å². The van der Waals surface area contributed by atoms with Crippen LogP contribution in [0.25, 0.3) is 0 Å². The van der Waals surface area contributed by atoms with Crippen LogP contribution in [0.1, 0.15) is 31.2 Å². The van der Waals surface area contributed by atoms with E-state index >= 15 is 0 Å². The van der Waals surface area contributed by atoms with Crippen LogP contribution in [-0.2, 0) is 11.3 Å². The van der Waals surface area contributed by atoms with Crippen LogP contribution in [0.2, 0.25) is 0 Å². The number of halogens is 1. The molecule has 0 bridgehead atoms. The van der Waals surface area contributed by atoms with Gasteiger partial charge in [0.2, 0.25) is 5.91 Å². The summed E-state index contributed by atoms with van der Waals surface area (Å²) in [4.78, 5) is 15.3. The number of anilines is 1. The highest BCUT2D eigenvalue weighted by Gasteiger charge is 2.43. The predicted molar refractivity (Wildman–Crippen MR) is 97.0 cm³/mol. The Labute approximate surface area is 152 Å². The average molecular weight is 357 g/mol. The monoisotopic (exact) mass is 357 g/mol. The second kappa shape index (κ2) is 7.07. The van der Waals surface area contributed by atoms with Crippen molar-refractivity contribution in [2.24, 2.45) is 0 Å². The number of nitrogens with zero attached hydrogens (tertiary/aromatic N) is 2. The summed E-state index contributed by atoms with van der Waals surface area (Å²) in [6.07, 6.45) is 7.18. The molecular formula is C19H24FN5O. The van der Waals surface area contributed by atoms with Crippen LogP contribution in [0.3, 0.4) is 0 Å². The smallest absolute Gasteiger partial charge is 0.245 e. The van der Waals surface area contributed by atoms with Crippen molar-refractivity contribution >= 4 is 11.6 Å². The molecule has 1 saturated carbocycles. The van der Waals surface area contributed by atoms with Gasteiger partial charge in [-0.2, -0.15) is 5.10 Å². The molecule has 2 aliphatic rings. The Morgan fingerprint density at radius 3 is 2.81 bits per heavy atom. The van der Waals surface area contributed by atoms with Gasteiger partial charge < -0.3 is 10.6 Å². The number of benzene rings is 1. The van der Waals surface area contributed by atoms with Gasteiger partial charge in [-0.25, -0.2) is 4.39 Å². The number of carbonyl (C=O) groups excluding carboxylic acids is 1. The Kier molecular flexibility index (Phi) is 4.63. The number of likely N-dealkylation sites (tertiary alicyclic amines) is 1. The molecule has 26 heavy (non-hydrogen) atoms. The van der Waals surface area contributed by atoms with Gasteiger partial charge in [0.15, 0.2) is 0 Å². The summed E-state index contributed by atoms with van der Waals surface area (Å²) >= 11 is 0. The molecular weight excluding hydrogens is 333 g/mol. The zero-order chi connectivity index (χ0) is 18.0.